The third kappa shape index (κ3) is 9.53. The van der Waals surface area contributed by atoms with Crippen LogP contribution < -0.4 is 10.1 Å². The highest BCUT2D eigenvalue weighted by atomic mass is 16.5. The Morgan fingerprint density at radius 3 is 2.58 bits per heavy atom. The van der Waals surface area contributed by atoms with E-state index in [9.17, 15) is 24.9 Å². The zero-order valence-electron chi connectivity index (χ0n) is 29.4. The molecular weight excluding hydrogens is 628 g/mol. The number of ketones is 2. The molecule has 0 saturated heterocycles. The number of aliphatic hydroxyl groups excluding tert-OH is 2. The predicted octanol–water partition coefficient (Wildman–Crippen LogP) is 6.50. The van der Waals surface area contributed by atoms with E-state index in [4.69, 9.17) is 4.74 Å². The van der Waals surface area contributed by atoms with Crippen molar-refractivity contribution in [2.75, 3.05) is 32.2 Å². The molecule has 8 nitrogen and oxygen atoms in total. The minimum absolute atomic E-state index is 0.0198. The van der Waals surface area contributed by atoms with Gasteiger partial charge in [0.05, 0.1) is 19.4 Å². The molecular formula is C42H52N2O6. The first-order valence-corrected chi connectivity index (χ1v) is 18.2. The summed E-state index contributed by atoms with van der Waals surface area (Å²) in [5.41, 5.74) is 3.81. The second-order valence-corrected chi connectivity index (χ2v) is 14.1. The molecule has 0 aliphatic heterocycles. The smallest absolute Gasteiger partial charge is 0.160 e. The van der Waals surface area contributed by atoms with Crippen LogP contribution in [0.1, 0.15) is 86.5 Å². The molecule has 50 heavy (non-hydrogen) atoms. The highest BCUT2D eigenvalue weighted by Gasteiger charge is 2.39. The molecule has 1 saturated carbocycles. The van der Waals surface area contributed by atoms with E-state index in [0.717, 1.165) is 53.8 Å². The Balaban J connectivity index is 1.59. The summed E-state index contributed by atoms with van der Waals surface area (Å²) in [6.07, 6.45) is 7.66. The largest absolute Gasteiger partial charge is 0.504 e. The van der Waals surface area contributed by atoms with Gasteiger partial charge in [-0.3, -0.25) is 9.59 Å². The summed E-state index contributed by atoms with van der Waals surface area (Å²) < 4.78 is 5.44. The number of Topliss-reactive ketones (excluding diaryl/α,β-unsaturated/α-hetero) is 2. The van der Waals surface area contributed by atoms with Crippen molar-refractivity contribution in [1.29, 1.82) is 0 Å². The first kappa shape index (κ1) is 37.1. The van der Waals surface area contributed by atoms with Crippen molar-refractivity contribution in [3.8, 4) is 23.3 Å². The van der Waals surface area contributed by atoms with Crippen molar-refractivity contribution in [2.24, 2.45) is 29.6 Å². The summed E-state index contributed by atoms with van der Waals surface area (Å²) in [7, 11) is 1.51. The number of aliphatic hydroxyl groups is 2. The number of rotatable bonds is 12. The summed E-state index contributed by atoms with van der Waals surface area (Å²) in [5.74, 6) is 7.50. The predicted molar refractivity (Wildman–Crippen MR) is 195 cm³/mol. The van der Waals surface area contributed by atoms with Crippen molar-refractivity contribution in [3.63, 3.8) is 0 Å². The van der Waals surface area contributed by atoms with Crippen molar-refractivity contribution in [3.05, 3.63) is 83.0 Å². The van der Waals surface area contributed by atoms with Crippen molar-refractivity contribution in [2.45, 2.75) is 77.0 Å². The summed E-state index contributed by atoms with van der Waals surface area (Å²) in [6, 6.07) is 17.6. The topological polar surface area (TPSA) is 129 Å². The third-order valence-electron chi connectivity index (χ3n) is 10.6. The summed E-state index contributed by atoms with van der Waals surface area (Å²) in [5, 5.41) is 34.0. The van der Waals surface area contributed by atoms with Crippen LogP contribution in [0.15, 0.2) is 60.8 Å². The van der Waals surface area contributed by atoms with Gasteiger partial charge >= 0.3 is 0 Å². The maximum atomic E-state index is 14.2. The number of carbonyl (C=O) groups excluding carboxylic acids is 2. The molecule has 2 aliphatic rings. The molecule has 6 atom stereocenters. The zero-order chi connectivity index (χ0) is 35.5. The number of aromatic nitrogens is 1. The van der Waals surface area contributed by atoms with Crippen LogP contribution in [0.3, 0.4) is 0 Å². The standard InChI is InChI=1S/C42H52N2O6/c1-3-8-33(27-46)34-21-29(19-28-15-17-44-42(22-28)43-16-7-18-45)20-31-12-14-36(30-9-5-4-6-10-30)37-26-40(49)41(50-2)24-32(37)11-13-35(47)25-39(48)38(31)23-34/h4-6,9-10,15,17,22,24,26,29,31,33-34,36,38,45-46,49H,3,7-8,11,13,16,18-21,23,25,27H2,1-2H3,(H,43,44). The van der Waals surface area contributed by atoms with Crippen LogP contribution in [0.2, 0.25) is 0 Å². The molecule has 8 heteroatoms. The van der Waals surface area contributed by atoms with Crippen LogP contribution in [-0.4, -0.2) is 58.7 Å². The maximum Gasteiger partial charge on any atom is 0.160 e. The van der Waals surface area contributed by atoms with E-state index in [-0.39, 0.29) is 73.0 Å². The number of phenolic OH excluding ortho intramolecular Hbond substituents is 1. The van der Waals surface area contributed by atoms with Crippen LogP contribution in [0.5, 0.6) is 11.5 Å². The van der Waals surface area contributed by atoms with Crippen molar-refractivity contribution < 1.29 is 29.6 Å². The number of aromatic hydroxyl groups is 1. The monoisotopic (exact) mass is 680 g/mol. The van der Waals surface area contributed by atoms with Crippen molar-refractivity contribution in [1.82, 2.24) is 4.98 Å². The van der Waals surface area contributed by atoms with Gasteiger partial charge in [0.2, 0.25) is 0 Å². The number of methoxy groups -OCH3 is 1. The minimum Gasteiger partial charge on any atom is -0.504 e. The van der Waals surface area contributed by atoms with Gasteiger partial charge in [-0.1, -0.05) is 55.5 Å². The molecule has 0 amide bonds. The van der Waals surface area contributed by atoms with Crippen LogP contribution in [0, 0.1) is 41.4 Å². The molecule has 0 bridgehead atoms. The number of carbonyl (C=O) groups is 2. The number of nitrogens with one attached hydrogen (secondary N) is 1. The molecule has 4 N–H and O–H groups in total. The van der Waals surface area contributed by atoms with Gasteiger partial charge in [-0.2, -0.15) is 0 Å². The highest BCUT2D eigenvalue weighted by Crippen LogP contribution is 2.43. The Labute approximate surface area is 296 Å². The maximum absolute atomic E-state index is 14.2. The van der Waals surface area contributed by atoms with Crippen LogP contribution in [0.4, 0.5) is 5.82 Å². The SMILES string of the molecule is CCCC(CO)C1CC(Cc2ccnc(NCCCO)c2)CC2C#CC(c3ccccc3)c3cc(O)c(OC)cc3CCC(=O)CC(=O)C2C1. The molecule has 5 rings (SSSR count). The van der Waals surface area contributed by atoms with E-state index in [1.807, 2.05) is 36.4 Å². The Kier molecular flexibility index (Phi) is 13.5. The summed E-state index contributed by atoms with van der Waals surface area (Å²) in [6.45, 7) is 2.93. The quantitative estimate of drug-likeness (QED) is 0.0970. The van der Waals surface area contributed by atoms with Gasteiger partial charge in [-0.25, -0.2) is 4.98 Å². The first-order valence-electron chi connectivity index (χ1n) is 18.2. The lowest BCUT2D eigenvalue weighted by Crippen LogP contribution is -2.29. The fourth-order valence-corrected chi connectivity index (χ4v) is 8.01. The minimum atomic E-state index is -0.417. The molecule has 1 aromatic heterocycles. The number of aryl methyl sites for hydroxylation is 1. The van der Waals surface area contributed by atoms with E-state index < -0.39 is 5.92 Å². The number of hydrogen-bond donors (Lipinski definition) is 4. The molecule has 266 valence electrons. The molecule has 3 aromatic rings. The zero-order valence-corrected chi connectivity index (χ0v) is 29.4. The number of pyridine rings is 1. The number of phenols is 1. The van der Waals surface area contributed by atoms with Crippen LogP contribution in [0.25, 0.3) is 0 Å². The number of ether oxygens (including phenoxy) is 1. The van der Waals surface area contributed by atoms with E-state index in [2.05, 4.69) is 35.1 Å². The van der Waals surface area contributed by atoms with Crippen LogP contribution in [-0.2, 0) is 22.4 Å². The van der Waals surface area contributed by atoms with Gasteiger partial charge in [0.25, 0.3) is 0 Å². The number of fused-ring (bicyclic) bond motifs is 2. The second kappa shape index (κ2) is 18.2. The molecule has 2 aliphatic carbocycles. The average molecular weight is 681 g/mol. The van der Waals surface area contributed by atoms with Gasteiger partial charge in [-0.05, 0) is 109 Å². The molecule has 0 spiro atoms. The van der Waals surface area contributed by atoms with E-state index in [1.54, 1.807) is 18.3 Å². The third-order valence-corrected chi connectivity index (χ3v) is 10.6. The van der Waals surface area contributed by atoms with E-state index >= 15 is 0 Å². The van der Waals surface area contributed by atoms with Crippen molar-refractivity contribution >= 4 is 17.4 Å². The van der Waals surface area contributed by atoms with E-state index in [0.29, 0.717) is 38.0 Å². The molecule has 6 unspecified atom stereocenters. The fraction of sp³-hybridized carbons (Fsp3) is 0.500. The summed E-state index contributed by atoms with van der Waals surface area (Å²) >= 11 is 0. The Bertz CT molecular complexity index is 1650. The number of anilines is 1. The van der Waals surface area contributed by atoms with E-state index in [1.165, 1.54) is 7.11 Å². The lowest BCUT2D eigenvalue weighted by Gasteiger charge is -2.28. The molecule has 1 fully saturated rings. The number of hydrogen-bond acceptors (Lipinski definition) is 8. The average Bonchev–Trinajstić information content (AvgIpc) is 3.29. The highest BCUT2D eigenvalue weighted by molar-refractivity contribution is 6.00. The van der Waals surface area contributed by atoms with Gasteiger partial charge in [0, 0.05) is 44.2 Å². The fourth-order valence-electron chi connectivity index (χ4n) is 8.01. The molecule has 2 aromatic carbocycles. The number of benzene rings is 2. The lowest BCUT2D eigenvalue weighted by molar-refractivity contribution is -0.130. The van der Waals surface area contributed by atoms with Gasteiger partial charge < -0.3 is 25.4 Å². The van der Waals surface area contributed by atoms with Gasteiger partial charge in [0.1, 0.15) is 17.4 Å². The van der Waals surface area contributed by atoms with Crippen LogP contribution >= 0.6 is 0 Å². The van der Waals surface area contributed by atoms with Gasteiger partial charge in [0.15, 0.2) is 11.5 Å². The molecule has 0 radical (unpaired) electrons. The normalized spacial score (nSPS) is 23.2. The summed E-state index contributed by atoms with van der Waals surface area (Å²) in [4.78, 5) is 32.1. The Morgan fingerprint density at radius 1 is 1.02 bits per heavy atom. The molecule has 1 heterocycles. The Morgan fingerprint density at radius 2 is 1.84 bits per heavy atom. The second-order valence-electron chi connectivity index (χ2n) is 14.1. The Hall–Kier alpha value is -4.19. The number of nitrogens with zero attached hydrogens (tertiary/aromatic N) is 1. The first-order chi connectivity index (χ1) is 24.3. The lowest BCUT2D eigenvalue weighted by atomic mass is 9.76. The van der Waals surface area contributed by atoms with Gasteiger partial charge in [-0.15, -0.1) is 0 Å².